The molecule has 2 N–H and O–H groups in total. The SMILES string of the molecule is CC(C)(C)CC1(CN)CCOCC1. The predicted octanol–water partition coefficient (Wildman–Crippen LogP) is 2.18. The first kappa shape index (κ1) is 11.0. The van der Waals surface area contributed by atoms with Gasteiger partial charge in [0.1, 0.15) is 0 Å². The Kier molecular flexibility index (Phi) is 3.36. The lowest BCUT2D eigenvalue weighted by molar-refractivity contribution is -0.00115. The van der Waals surface area contributed by atoms with Crippen LogP contribution in [0.3, 0.4) is 0 Å². The van der Waals surface area contributed by atoms with Crippen LogP contribution in [0.4, 0.5) is 0 Å². The van der Waals surface area contributed by atoms with Crippen LogP contribution in [-0.2, 0) is 4.74 Å². The van der Waals surface area contributed by atoms with Crippen LogP contribution >= 0.6 is 0 Å². The summed E-state index contributed by atoms with van der Waals surface area (Å²) in [6.07, 6.45) is 3.50. The van der Waals surface area contributed by atoms with E-state index >= 15 is 0 Å². The van der Waals surface area contributed by atoms with Gasteiger partial charge in [-0.1, -0.05) is 20.8 Å². The molecule has 2 nitrogen and oxygen atoms in total. The minimum Gasteiger partial charge on any atom is -0.381 e. The molecule has 0 spiro atoms. The highest BCUT2D eigenvalue weighted by atomic mass is 16.5. The van der Waals surface area contributed by atoms with Crippen molar-refractivity contribution in [2.24, 2.45) is 16.6 Å². The van der Waals surface area contributed by atoms with Gasteiger partial charge in [0.2, 0.25) is 0 Å². The summed E-state index contributed by atoms with van der Waals surface area (Å²) in [5.41, 5.74) is 6.63. The Bertz CT molecular complexity index is 154. The topological polar surface area (TPSA) is 35.2 Å². The van der Waals surface area contributed by atoms with Gasteiger partial charge in [-0.2, -0.15) is 0 Å². The second-order valence-corrected chi connectivity index (χ2v) is 5.55. The highest BCUT2D eigenvalue weighted by Gasteiger charge is 2.34. The molecule has 0 aromatic carbocycles. The summed E-state index contributed by atoms with van der Waals surface area (Å²) in [5.74, 6) is 0. The van der Waals surface area contributed by atoms with Crippen molar-refractivity contribution >= 4 is 0 Å². The lowest BCUT2D eigenvalue weighted by atomic mass is 9.69. The number of nitrogens with two attached hydrogens (primary N) is 1. The van der Waals surface area contributed by atoms with Gasteiger partial charge in [0, 0.05) is 13.2 Å². The van der Waals surface area contributed by atoms with Crippen molar-refractivity contribution in [3.05, 3.63) is 0 Å². The van der Waals surface area contributed by atoms with Gasteiger partial charge in [-0.05, 0) is 36.6 Å². The summed E-state index contributed by atoms with van der Waals surface area (Å²) in [7, 11) is 0. The molecule has 0 unspecified atom stereocenters. The zero-order chi connectivity index (χ0) is 9.95. The van der Waals surface area contributed by atoms with Crippen LogP contribution in [0, 0.1) is 10.8 Å². The van der Waals surface area contributed by atoms with Crippen molar-refractivity contribution in [2.45, 2.75) is 40.0 Å². The quantitative estimate of drug-likeness (QED) is 0.715. The molecule has 0 saturated carbocycles. The molecule has 0 aromatic rings. The van der Waals surface area contributed by atoms with E-state index < -0.39 is 0 Å². The molecule has 1 fully saturated rings. The predicted molar refractivity (Wildman–Crippen MR) is 55.6 cm³/mol. The normalized spacial score (nSPS) is 23.1. The van der Waals surface area contributed by atoms with Crippen LogP contribution in [-0.4, -0.2) is 19.8 Å². The van der Waals surface area contributed by atoms with Crippen molar-refractivity contribution in [3.63, 3.8) is 0 Å². The molecule has 1 rings (SSSR count). The van der Waals surface area contributed by atoms with Crippen LogP contribution < -0.4 is 5.73 Å². The molecular formula is C11H23NO. The number of rotatable bonds is 2. The van der Waals surface area contributed by atoms with Crippen molar-refractivity contribution in [1.82, 2.24) is 0 Å². The van der Waals surface area contributed by atoms with Gasteiger partial charge in [-0.3, -0.25) is 0 Å². The van der Waals surface area contributed by atoms with E-state index in [2.05, 4.69) is 20.8 Å². The summed E-state index contributed by atoms with van der Waals surface area (Å²) in [4.78, 5) is 0. The maximum atomic E-state index is 5.89. The zero-order valence-corrected chi connectivity index (χ0v) is 9.23. The molecule has 0 amide bonds. The van der Waals surface area contributed by atoms with E-state index in [-0.39, 0.29) is 0 Å². The van der Waals surface area contributed by atoms with E-state index in [0.29, 0.717) is 10.8 Å². The Balaban J connectivity index is 2.57. The van der Waals surface area contributed by atoms with E-state index in [9.17, 15) is 0 Å². The van der Waals surface area contributed by atoms with Gasteiger partial charge in [0.05, 0.1) is 0 Å². The third kappa shape index (κ3) is 3.28. The molecule has 78 valence electrons. The number of ether oxygens (including phenoxy) is 1. The molecule has 1 aliphatic heterocycles. The smallest absolute Gasteiger partial charge is 0.0471 e. The summed E-state index contributed by atoms with van der Waals surface area (Å²) in [6.45, 7) is 9.48. The molecular weight excluding hydrogens is 162 g/mol. The molecule has 1 heterocycles. The Labute approximate surface area is 81.8 Å². The molecule has 0 radical (unpaired) electrons. The average Bonchev–Trinajstić information content (AvgIpc) is 2.03. The van der Waals surface area contributed by atoms with Gasteiger partial charge in [0.25, 0.3) is 0 Å². The van der Waals surface area contributed by atoms with Gasteiger partial charge >= 0.3 is 0 Å². The van der Waals surface area contributed by atoms with E-state index in [4.69, 9.17) is 10.5 Å². The van der Waals surface area contributed by atoms with Crippen LogP contribution in [0.2, 0.25) is 0 Å². The van der Waals surface area contributed by atoms with Crippen LogP contribution in [0.25, 0.3) is 0 Å². The van der Waals surface area contributed by atoms with E-state index in [0.717, 1.165) is 32.6 Å². The third-order valence-corrected chi connectivity index (χ3v) is 2.89. The zero-order valence-electron chi connectivity index (χ0n) is 9.23. The van der Waals surface area contributed by atoms with Gasteiger partial charge in [0.15, 0.2) is 0 Å². The van der Waals surface area contributed by atoms with Gasteiger partial charge < -0.3 is 10.5 Å². The lowest BCUT2D eigenvalue weighted by Crippen LogP contribution is -2.39. The fourth-order valence-corrected chi connectivity index (χ4v) is 2.38. The van der Waals surface area contributed by atoms with Crippen molar-refractivity contribution in [1.29, 1.82) is 0 Å². The second kappa shape index (κ2) is 3.97. The van der Waals surface area contributed by atoms with E-state index in [1.165, 1.54) is 6.42 Å². The second-order valence-electron chi connectivity index (χ2n) is 5.55. The minimum absolute atomic E-state index is 0.358. The summed E-state index contributed by atoms with van der Waals surface area (Å²) in [6, 6.07) is 0. The maximum Gasteiger partial charge on any atom is 0.0471 e. The minimum atomic E-state index is 0.358. The van der Waals surface area contributed by atoms with Gasteiger partial charge in [-0.25, -0.2) is 0 Å². The highest BCUT2D eigenvalue weighted by Crippen LogP contribution is 2.40. The summed E-state index contributed by atoms with van der Waals surface area (Å²) in [5, 5.41) is 0. The first-order valence-corrected chi connectivity index (χ1v) is 5.25. The molecule has 0 atom stereocenters. The highest BCUT2D eigenvalue weighted by molar-refractivity contribution is 4.86. The first-order valence-electron chi connectivity index (χ1n) is 5.25. The Hall–Kier alpha value is -0.0800. The summed E-state index contributed by atoms with van der Waals surface area (Å²) >= 11 is 0. The molecule has 0 bridgehead atoms. The molecule has 0 aliphatic carbocycles. The fraction of sp³-hybridized carbons (Fsp3) is 1.00. The van der Waals surface area contributed by atoms with Crippen molar-refractivity contribution in [3.8, 4) is 0 Å². The molecule has 13 heavy (non-hydrogen) atoms. The monoisotopic (exact) mass is 185 g/mol. The first-order chi connectivity index (χ1) is 5.97. The van der Waals surface area contributed by atoms with E-state index in [1.807, 2.05) is 0 Å². The standard InChI is InChI=1S/C11H23NO/c1-10(2,3)8-11(9-12)4-6-13-7-5-11/h4-9,12H2,1-3H3. The number of hydrogen-bond acceptors (Lipinski definition) is 2. The fourth-order valence-electron chi connectivity index (χ4n) is 2.38. The molecule has 1 aliphatic rings. The largest absolute Gasteiger partial charge is 0.381 e. The van der Waals surface area contributed by atoms with Crippen molar-refractivity contribution in [2.75, 3.05) is 19.8 Å². The lowest BCUT2D eigenvalue weighted by Gasteiger charge is -2.40. The van der Waals surface area contributed by atoms with Gasteiger partial charge in [-0.15, -0.1) is 0 Å². The van der Waals surface area contributed by atoms with E-state index in [1.54, 1.807) is 0 Å². The third-order valence-electron chi connectivity index (χ3n) is 2.89. The number of hydrogen-bond donors (Lipinski definition) is 1. The Morgan fingerprint density at radius 3 is 2.15 bits per heavy atom. The Morgan fingerprint density at radius 2 is 1.77 bits per heavy atom. The molecule has 2 heteroatoms. The molecule has 0 aromatic heterocycles. The summed E-state index contributed by atoms with van der Waals surface area (Å²) < 4.78 is 5.39. The van der Waals surface area contributed by atoms with Crippen LogP contribution in [0.1, 0.15) is 40.0 Å². The Morgan fingerprint density at radius 1 is 1.23 bits per heavy atom. The maximum absolute atomic E-state index is 5.89. The van der Waals surface area contributed by atoms with Crippen molar-refractivity contribution < 1.29 is 4.74 Å². The average molecular weight is 185 g/mol. The molecule has 1 saturated heterocycles. The van der Waals surface area contributed by atoms with Crippen LogP contribution in [0.15, 0.2) is 0 Å². The van der Waals surface area contributed by atoms with Crippen LogP contribution in [0.5, 0.6) is 0 Å².